The zero-order valence-electron chi connectivity index (χ0n) is 8.46. The van der Waals surface area contributed by atoms with Crippen LogP contribution in [0.2, 0.25) is 0 Å². The zero-order chi connectivity index (χ0) is 10.3. The summed E-state index contributed by atoms with van der Waals surface area (Å²) in [7, 11) is 0. The molecule has 0 bridgehead atoms. The number of hydrogen-bond acceptors (Lipinski definition) is 1. The summed E-state index contributed by atoms with van der Waals surface area (Å²) >= 11 is 0. The predicted molar refractivity (Wildman–Crippen MR) is 57.1 cm³/mol. The molecule has 1 heteroatoms. The highest BCUT2D eigenvalue weighted by atomic mass is 14.2. The van der Waals surface area contributed by atoms with Gasteiger partial charge in [-0.15, -0.1) is 0 Å². The number of nitrogens with zero attached hydrogens (tertiary/aromatic N) is 1. The maximum absolute atomic E-state index is 8.38. The van der Waals surface area contributed by atoms with E-state index in [0.717, 1.165) is 11.1 Å². The Kier molecular flexibility index (Phi) is 5.30. The van der Waals surface area contributed by atoms with Crippen molar-refractivity contribution in [3.63, 3.8) is 0 Å². The Morgan fingerprint density at radius 1 is 1.23 bits per heavy atom. The summed E-state index contributed by atoms with van der Waals surface area (Å²) in [6.07, 6.45) is 7.21. The molecular weight excluding hydrogens is 158 g/mol. The van der Waals surface area contributed by atoms with E-state index in [4.69, 9.17) is 5.26 Å². The van der Waals surface area contributed by atoms with Crippen LogP contribution in [-0.4, -0.2) is 0 Å². The first kappa shape index (κ1) is 11.4. The van der Waals surface area contributed by atoms with Crippen molar-refractivity contribution in [3.8, 4) is 6.07 Å². The minimum atomic E-state index is 0.982. The van der Waals surface area contributed by atoms with Crippen LogP contribution >= 0.6 is 0 Å². The Bertz CT molecular complexity index is 305. The van der Waals surface area contributed by atoms with Gasteiger partial charge in [0.25, 0.3) is 0 Å². The van der Waals surface area contributed by atoms with Gasteiger partial charge in [-0.3, -0.25) is 0 Å². The van der Waals surface area contributed by atoms with Crippen molar-refractivity contribution in [1.29, 1.82) is 5.26 Å². The van der Waals surface area contributed by atoms with Crippen LogP contribution < -0.4 is 0 Å². The quantitative estimate of drug-likeness (QED) is 0.473. The second-order valence-corrected chi connectivity index (χ2v) is 3.17. The predicted octanol–water partition coefficient (Wildman–Crippen LogP) is 3.53. The van der Waals surface area contributed by atoms with E-state index in [-0.39, 0.29) is 0 Å². The maximum Gasteiger partial charge on any atom is 0.0912 e. The lowest BCUT2D eigenvalue weighted by Crippen LogP contribution is -1.75. The molecule has 68 valence electrons. The Morgan fingerprint density at radius 3 is 2.23 bits per heavy atom. The van der Waals surface area contributed by atoms with Crippen LogP contribution in [0.1, 0.15) is 20.8 Å². The molecule has 0 rings (SSSR count). The molecule has 0 fully saturated rings. The fourth-order valence-corrected chi connectivity index (χ4v) is 0.889. The number of nitriles is 1. The van der Waals surface area contributed by atoms with Gasteiger partial charge in [0, 0.05) is 6.08 Å². The van der Waals surface area contributed by atoms with Gasteiger partial charge < -0.3 is 0 Å². The molecule has 0 atom stereocenters. The second-order valence-electron chi connectivity index (χ2n) is 3.17. The maximum atomic E-state index is 8.38. The summed E-state index contributed by atoms with van der Waals surface area (Å²) in [6, 6.07) is 1.96. The molecule has 0 aromatic heterocycles. The zero-order valence-corrected chi connectivity index (χ0v) is 8.46. The minimum absolute atomic E-state index is 0.982. The molecule has 0 spiro atoms. The summed E-state index contributed by atoms with van der Waals surface area (Å²) in [5.41, 5.74) is 3.19. The van der Waals surface area contributed by atoms with Gasteiger partial charge in [0.1, 0.15) is 0 Å². The summed E-state index contributed by atoms with van der Waals surface area (Å²) in [4.78, 5) is 0. The van der Waals surface area contributed by atoms with Crippen LogP contribution in [0, 0.1) is 11.3 Å². The van der Waals surface area contributed by atoms with Crippen LogP contribution in [0.4, 0.5) is 0 Å². The number of hydrogen-bond donors (Lipinski definition) is 0. The van der Waals surface area contributed by atoms with Gasteiger partial charge in [-0.25, -0.2) is 0 Å². The van der Waals surface area contributed by atoms with Gasteiger partial charge in [0.15, 0.2) is 0 Å². The van der Waals surface area contributed by atoms with Gasteiger partial charge in [0.2, 0.25) is 0 Å². The van der Waals surface area contributed by atoms with Crippen molar-refractivity contribution in [2.24, 2.45) is 0 Å². The third kappa shape index (κ3) is 6.83. The number of rotatable bonds is 3. The molecule has 0 aromatic rings. The molecule has 0 heterocycles. The first-order chi connectivity index (χ1) is 6.06. The fraction of sp³-hybridized carbons (Fsp3) is 0.250. The van der Waals surface area contributed by atoms with Crippen molar-refractivity contribution >= 4 is 0 Å². The lowest BCUT2D eigenvalue weighted by Gasteiger charge is -1.95. The van der Waals surface area contributed by atoms with Crippen LogP contribution in [0.3, 0.4) is 0 Å². The molecule has 13 heavy (non-hydrogen) atoms. The first-order valence-corrected chi connectivity index (χ1v) is 4.14. The lowest BCUT2D eigenvalue weighted by molar-refractivity contribution is 1.37. The topological polar surface area (TPSA) is 23.8 Å². The molecule has 0 aliphatic heterocycles. The average Bonchev–Trinajstić information content (AvgIpc) is 1.98. The Hall–Kier alpha value is -1.55. The molecule has 0 aliphatic rings. The third-order valence-electron chi connectivity index (χ3n) is 1.22. The van der Waals surface area contributed by atoms with E-state index < -0.39 is 0 Å². The van der Waals surface area contributed by atoms with Gasteiger partial charge in [-0.05, 0) is 32.4 Å². The van der Waals surface area contributed by atoms with Crippen molar-refractivity contribution in [2.45, 2.75) is 20.8 Å². The van der Waals surface area contributed by atoms with Crippen LogP contribution in [0.15, 0.2) is 47.6 Å². The van der Waals surface area contributed by atoms with Gasteiger partial charge in [-0.1, -0.05) is 29.9 Å². The largest absolute Gasteiger partial charge is 0.193 e. The van der Waals surface area contributed by atoms with E-state index in [9.17, 15) is 0 Å². The number of allylic oxidation sites excluding steroid dienone is 7. The summed E-state index contributed by atoms with van der Waals surface area (Å²) in [5, 5.41) is 8.38. The highest BCUT2D eigenvalue weighted by Gasteiger charge is 1.87. The summed E-state index contributed by atoms with van der Waals surface area (Å²) in [5.74, 6) is 0. The molecular formula is C12H15N. The minimum Gasteiger partial charge on any atom is -0.193 e. The molecule has 0 radical (unpaired) electrons. The fourth-order valence-electron chi connectivity index (χ4n) is 0.889. The van der Waals surface area contributed by atoms with Crippen molar-refractivity contribution < 1.29 is 0 Å². The first-order valence-electron chi connectivity index (χ1n) is 4.14. The smallest absolute Gasteiger partial charge is 0.0912 e. The van der Waals surface area contributed by atoms with E-state index in [1.54, 1.807) is 6.08 Å². The third-order valence-corrected chi connectivity index (χ3v) is 1.22. The molecule has 1 nitrogen and oxygen atoms in total. The van der Waals surface area contributed by atoms with E-state index in [0.29, 0.717) is 0 Å². The monoisotopic (exact) mass is 173 g/mol. The van der Waals surface area contributed by atoms with Crippen LogP contribution in [0.25, 0.3) is 0 Å². The second kappa shape index (κ2) is 6.02. The summed E-state index contributed by atoms with van der Waals surface area (Å²) < 4.78 is 0. The molecule has 0 aliphatic carbocycles. The lowest BCUT2D eigenvalue weighted by atomic mass is 10.1. The summed E-state index contributed by atoms with van der Waals surface area (Å²) in [6.45, 7) is 9.76. The SMILES string of the molecule is C=C(C)/C=C(C=C(C)C)/C=C/C#N. The van der Waals surface area contributed by atoms with Gasteiger partial charge in [0.05, 0.1) is 6.07 Å². The Labute approximate surface area is 80.4 Å². The Morgan fingerprint density at radius 2 is 1.85 bits per heavy atom. The molecule has 0 N–H and O–H groups in total. The Balaban J connectivity index is 4.79. The van der Waals surface area contributed by atoms with Gasteiger partial charge >= 0.3 is 0 Å². The van der Waals surface area contributed by atoms with E-state index >= 15 is 0 Å². The van der Waals surface area contributed by atoms with E-state index in [1.165, 1.54) is 11.6 Å². The van der Waals surface area contributed by atoms with Crippen LogP contribution in [-0.2, 0) is 0 Å². The molecule has 0 amide bonds. The average molecular weight is 173 g/mol. The van der Waals surface area contributed by atoms with Crippen molar-refractivity contribution in [1.82, 2.24) is 0 Å². The standard InChI is InChI=1S/C12H15N/c1-10(2)8-12(6-5-7-13)9-11(3)4/h5-6,8-9H,1H2,2-4H3/b6-5+,12-8-. The van der Waals surface area contributed by atoms with Crippen LogP contribution in [0.5, 0.6) is 0 Å². The van der Waals surface area contributed by atoms with E-state index in [2.05, 4.69) is 6.58 Å². The molecule has 0 saturated carbocycles. The molecule has 0 aromatic carbocycles. The van der Waals surface area contributed by atoms with Gasteiger partial charge in [-0.2, -0.15) is 5.26 Å². The molecule has 0 saturated heterocycles. The van der Waals surface area contributed by atoms with Crippen molar-refractivity contribution in [3.05, 3.63) is 47.6 Å². The highest BCUT2D eigenvalue weighted by Crippen LogP contribution is 2.06. The van der Waals surface area contributed by atoms with E-state index in [1.807, 2.05) is 39.0 Å². The normalized spacial score (nSPS) is 11.1. The van der Waals surface area contributed by atoms with Crippen molar-refractivity contribution in [2.75, 3.05) is 0 Å². The highest BCUT2D eigenvalue weighted by molar-refractivity contribution is 5.38. The molecule has 0 unspecified atom stereocenters.